The zero-order valence-electron chi connectivity index (χ0n) is 11.9. The predicted octanol–water partition coefficient (Wildman–Crippen LogP) is 2.69. The molecule has 2 heterocycles. The third kappa shape index (κ3) is 2.57. The highest BCUT2D eigenvalue weighted by molar-refractivity contribution is 6.30. The van der Waals surface area contributed by atoms with Crippen LogP contribution in [0, 0.1) is 0 Å². The molecule has 2 aromatic rings. The Morgan fingerprint density at radius 1 is 1.36 bits per heavy atom. The summed E-state index contributed by atoms with van der Waals surface area (Å²) in [4.78, 5) is 28.5. The zero-order valence-corrected chi connectivity index (χ0v) is 12.6. The Kier molecular flexibility index (Phi) is 3.86. The molecule has 0 saturated carbocycles. The van der Waals surface area contributed by atoms with Crippen molar-refractivity contribution in [3.63, 3.8) is 0 Å². The standard InChI is InChI=1S/C17H15ClN2O2/c1-2-16(21)20-9-11-8-12(18)5-6-13(11)15(10-20)14-4-3-7-19-17(14)22/h2-8,15H,1,9-10H2,(H,19,22)/t15-/m0/s1. The van der Waals surface area contributed by atoms with Gasteiger partial charge in [0.25, 0.3) is 5.56 Å². The highest BCUT2D eigenvalue weighted by Gasteiger charge is 2.29. The van der Waals surface area contributed by atoms with Crippen molar-refractivity contribution in [2.45, 2.75) is 12.5 Å². The first-order valence-electron chi connectivity index (χ1n) is 6.97. The van der Waals surface area contributed by atoms with E-state index in [0.29, 0.717) is 23.7 Å². The molecule has 0 radical (unpaired) electrons. The molecule has 0 spiro atoms. The fourth-order valence-electron chi connectivity index (χ4n) is 2.91. The maximum absolute atomic E-state index is 12.1. The second-order valence-electron chi connectivity index (χ2n) is 5.27. The van der Waals surface area contributed by atoms with E-state index in [1.807, 2.05) is 18.2 Å². The summed E-state index contributed by atoms with van der Waals surface area (Å²) in [5.41, 5.74) is 2.50. The molecule has 0 aliphatic carbocycles. The minimum Gasteiger partial charge on any atom is -0.334 e. The number of amides is 1. The molecule has 0 saturated heterocycles. The van der Waals surface area contributed by atoms with Crippen LogP contribution in [0.15, 0.2) is 54.0 Å². The Labute approximate surface area is 133 Å². The van der Waals surface area contributed by atoms with Gasteiger partial charge in [0.15, 0.2) is 0 Å². The number of nitrogens with zero attached hydrogens (tertiary/aromatic N) is 1. The smallest absolute Gasteiger partial charge is 0.251 e. The first kappa shape index (κ1) is 14.6. The summed E-state index contributed by atoms with van der Waals surface area (Å²) in [5.74, 6) is -0.321. The Morgan fingerprint density at radius 2 is 2.18 bits per heavy atom. The van der Waals surface area contributed by atoms with Gasteiger partial charge in [0.05, 0.1) is 0 Å². The SMILES string of the molecule is C=CC(=O)N1Cc2cc(Cl)ccc2[C@@H](c2ccc[nH]c2=O)C1. The second-order valence-corrected chi connectivity index (χ2v) is 5.71. The van der Waals surface area contributed by atoms with Gasteiger partial charge in [-0.2, -0.15) is 0 Å². The van der Waals surface area contributed by atoms with Crippen molar-refractivity contribution >= 4 is 17.5 Å². The van der Waals surface area contributed by atoms with Crippen LogP contribution >= 0.6 is 11.6 Å². The maximum atomic E-state index is 12.1. The summed E-state index contributed by atoms with van der Waals surface area (Å²) < 4.78 is 0. The monoisotopic (exact) mass is 314 g/mol. The van der Waals surface area contributed by atoms with E-state index in [1.54, 1.807) is 23.2 Å². The van der Waals surface area contributed by atoms with E-state index in [4.69, 9.17) is 11.6 Å². The summed E-state index contributed by atoms with van der Waals surface area (Å²) in [6.07, 6.45) is 2.89. The third-order valence-corrected chi connectivity index (χ3v) is 4.19. The highest BCUT2D eigenvalue weighted by atomic mass is 35.5. The van der Waals surface area contributed by atoms with Crippen LogP contribution in [0.1, 0.15) is 22.6 Å². The molecule has 5 heteroatoms. The molecule has 112 valence electrons. The molecule has 22 heavy (non-hydrogen) atoms. The quantitative estimate of drug-likeness (QED) is 0.867. The topological polar surface area (TPSA) is 53.2 Å². The molecule has 1 aliphatic heterocycles. The van der Waals surface area contributed by atoms with Gasteiger partial charge in [-0.05, 0) is 35.4 Å². The fourth-order valence-corrected chi connectivity index (χ4v) is 3.11. The van der Waals surface area contributed by atoms with Gasteiger partial charge in [-0.25, -0.2) is 0 Å². The van der Waals surface area contributed by atoms with Gasteiger partial charge in [-0.1, -0.05) is 30.3 Å². The van der Waals surface area contributed by atoms with Crippen LogP contribution in [0.4, 0.5) is 0 Å². The van der Waals surface area contributed by atoms with Crippen molar-refractivity contribution in [1.29, 1.82) is 0 Å². The highest BCUT2D eigenvalue weighted by Crippen LogP contribution is 2.33. The number of H-pyrrole nitrogens is 1. The van der Waals surface area contributed by atoms with Crippen LogP contribution in [-0.4, -0.2) is 22.3 Å². The van der Waals surface area contributed by atoms with Gasteiger partial charge >= 0.3 is 0 Å². The minimum atomic E-state index is -0.171. The molecular formula is C17H15ClN2O2. The minimum absolute atomic E-state index is 0.138. The maximum Gasteiger partial charge on any atom is 0.251 e. The Hall–Kier alpha value is -2.33. The number of benzene rings is 1. The van der Waals surface area contributed by atoms with E-state index in [-0.39, 0.29) is 17.4 Å². The molecule has 0 bridgehead atoms. The number of rotatable bonds is 2. The molecule has 1 amide bonds. The summed E-state index contributed by atoms with van der Waals surface area (Å²) in [5, 5.41) is 0.618. The molecule has 4 nitrogen and oxygen atoms in total. The molecule has 0 unspecified atom stereocenters. The van der Waals surface area contributed by atoms with E-state index in [1.165, 1.54) is 6.08 Å². The summed E-state index contributed by atoms with van der Waals surface area (Å²) in [6.45, 7) is 4.46. The van der Waals surface area contributed by atoms with Crippen molar-refractivity contribution in [2.24, 2.45) is 0 Å². The molecule has 3 rings (SSSR count). The first-order valence-corrected chi connectivity index (χ1v) is 7.35. The lowest BCUT2D eigenvalue weighted by atomic mass is 9.85. The summed E-state index contributed by atoms with van der Waals surface area (Å²) in [7, 11) is 0. The number of aromatic amines is 1. The summed E-state index contributed by atoms with van der Waals surface area (Å²) >= 11 is 6.07. The molecule has 1 atom stereocenters. The van der Waals surface area contributed by atoms with Crippen molar-refractivity contribution < 1.29 is 4.79 Å². The third-order valence-electron chi connectivity index (χ3n) is 3.95. The molecule has 0 fully saturated rings. The van der Waals surface area contributed by atoms with Crippen LogP contribution in [0.25, 0.3) is 0 Å². The number of aromatic nitrogens is 1. The zero-order chi connectivity index (χ0) is 15.7. The number of hydrogen-bond acceptors (Lipinski definition) is 2. The first-order chi connectivity index (χ1) is 10.6. The number of carbonyl (C=O) groups is 1. The number of hydrogen-bond donors (Lipinski definition) is 1. The Bertz CT molecular complexity index is 797. The van der Waals surface area contributed by atoms with Crippen molar-refractivity contribution in [3.8, 4) is 0 Å². The van der Waals surface area contributed by atoms with Gasteiger partial charge in [0.2, 0.25) is 5.91 Å². The lowest BCUT2D eigenvalue weighted by Gasteiger charge is -2.34. The van der Waals surface area contributed by atoms with E-state index < -0.39 is 0 Å². The number of pyridine rings is 1. The molecule has 1 N–H and O–H groups in total. The lowest BCUT2D eigenvalue weighted by Crippen LogP contribution is -2.39. The molecule has 1 aromatic carbocycles. The number of nitrogens with one attached hydrogen (secondary N) is 1. The molecular weight excluding hydrogens is 300 g/mol. The van der Waals surface area contributed by atoms with E-state index in [9.17, 15) is 9.59 Å². The second kappa shape index (κ2) is 5.81. The number of carbonyl (C=O) groups excluding carboxylic acids is 1. The van der Waals surface area contributed by atoms with Crippen LogP contribution in [-0.2, 0) is 11.3 Å². The molecule has 1 aliphatic rings. The van der Waals surface area contributed by atoms with Crippen molar-refractivity contribution in [3.05, 3.63) is 81.3 Å². The van der Waals surface area contributed by atoms with Crippen LogP contribution in [0.5, 0.6) is 0 Å². The largest absolute Gasteiger partial charge is 0.334 e. The average Bonchev–Trinajstić information content (AvgIpc) is 2.53. The van der Waals surface area contributed by atoms with E-state index in [2.05, 4.69) is 11.6 Å². The summed E-state index contributed by atoms with van der Waals surface area (Å²) in [6, 6.07) is 9.19. The number of fused-ring (bicyclic) bond motifs is 1. The lowest BCUT2D eigenvalue weighted by molar-refractivity contribution is -0.127. The Morgan fingerprint density at radius 3 is 2.91 bits per heavy atom. The van der Waals surface area contributed by atoms with Crippen LogP contribution < -0.4 is 5.56 Å². The average molecular weight is 315 g/mol. The van der Waals surface area contributed by atoms with Gasteiger partial charge in [0.1, 0.15) is 0 Å². The van der Waals surface area contributed by atoms with Crippen LogP contribution in [0.3, 0.4) is 0 Å². The van der Waals surface area contributed by atoms with Crippen molar-refractivity contribution in [1.82, 2.24) is 9.88 Å². The van der Waals surface area contributed by atoms with Gasteiger partial charge < -0.3 is 9.88 Å². The van der Waals surface area contributed by atoms with Gasteiger partial charge in [-0.3, -0.25) is 9.59 Å². The van der Waals surface area contributed by atoms with E-state index in [0.717, 1.165) is 11.1 Å². The fraction of sp³-hybridized carbons (Fsp3) is 0.176. The predicted molar refractivity (Wildman–Crippen MR) is 86.0 cm³/mol. The van der Waals surface area contributed by atoms with Gasteiger partial charge in [-0.15, -0.1) is 0 Å². The number of halogens is 1. The normalized spacial score (nSPS) is 17.0. The van der Waals surface area contributed by atoms with Gasteiger partial charge in [0, 0.05) is 35.8 Å². The van der Waals surface area contributed by atoms with Crippen LogP contribution in [0.2, 0.25) is 5.02 Å². The Balaban J connectivity index is 2.13. The van der Waals surface area contributed by atoms with Crippen molar-refractivity contribution in [2.75, 3.05) is 6.54 Å². The van der Waals surface area contributed by atoms with E-state index >= 15 is 0 Å². The molecule has 1 aromatic heterocycles.